The minimum Gasteiger partial charge on any atom is -0.480 e. The number of rotatable bonds is 8. The minimum absolute atomic E-state index is 0.0431. The number of nitrogens with zero attached hydrogens (tertiary/aromatic N) is 2. The van der Waals surface area contributed by atoms with Crippen LogP contribution in [0, 0.1) is 5.92 Å². The normalized spacial score (nSPS) is 19.1. The molecule has 1 aromatic carbocycles. The Kier molecular flexibility index (Phi) is 8.64. The molecule has 27 heavy (non-hydrogen) atoms. The quantitative estimate of drug-likeness (QED) is 0.735. The maximum atomic E-state index is 13.2. The van der Waals surface area contributed by atoms with Crippen LogP contribution in [0.2, 0.25) is 0 Å². The first-order chi connectivity index (χ1) is 12.9. The highest BCUT2D eigenvalue weighted by Gasteiger charge is 2.30. The average Bonchev–Trinajstić information content (AvgIpc) is 2.88. The van der Waals surface area contributed by atoms with E-state index < -0.39 is 5.97 Å². The third-order valence-corrected chi connectivity index (χ3v) is 6.74. The second kappa shape index (κ2) is 10.7. The van der Waals surface area contributed by atoms with E-state index in [1.54, 1.807) is 11.8 Å². The SMILES string of the molecule is CC(C)C(SCc1ccccc1)C(=O)N1CCCC(N(C)CC(=O)O)CC1. The molecule has 0 aliphatic carbocycles. The van der Waals surface area contributed by atoms with Crippen molar-refractivity contribution in [2.45, 2.75) is 50.2 Å². The topological polar surface area (TPSA) is 60.9 Å². The lowest BCUT2D eigenvalue weighted by atomic mass is 10.1. The molecule has 5 nitrogen and oxygen atoms in total. The summed E-state index contributed by atoms with van der Waals surface area (Å²) in [5, 5.41) is 8.96. The van der Waals surface area contributed by atoms with Crippen molar-refractivity contribution in [3.63, 3.8) is 0 Å². The number of carboxylic acid groups (broad SMARTS) is 1. The first-order valence-corrected chi connectivity index (χ1v) is 10.8. The molecule has 1 N–H and O–H groups in total. The number of amides is 1. The summed E-state index contributed by atoms with van der Waals surface area (Å²) < 4.78 is 0. The van der Waals surface area contributed by atoms with Crippen molar-refractivity contribution in [3.8, 4) is 0 Å². The fourth-order valence-corrected chi connectivity index (χ4v) is 4.81. The van der Waals surface area contributed by atoms with Crippen molar-refractivity contribution in [2.75, 3.05) is 26.7 Å². The number of likely N-dealkylation sites (N-methyl/N-ethyl adjacent to an activating group) is 1. The van der Waals surface area contributed by atoms with Gasteiger partial charge in [-0.05, 0) is 37.8 Å². The molecule has 1 fully saturated rings. The maximum absolute atomic E-state index is 13.2. The van der Waals surface area contributed by atoms with E-state index in [-0.39, 0.29) is 29.7 Å². The smallest absolute Gasteiger partial charge is 0.317 e. The Morgan fingerprint density at radius 2 is 1.93 bits per heavy atom. The predicted molar refractivity (Wildman–Crippen MR) is 111 cm³/mol. The first-order valence-electron chi connectivity index (χ1n) is 9.74. The summed E-state index contributed by atoms with van der Waals surface area (Å²) in [5.74, 6) is 0.548. The highest BCUT2D eigenvalue weighted by molar-refractivity contribution is 7.99. The van der Waals surface area contributed by atoms with Crippen molar-refractivity contribution < 1.29 is 14.7 Å². The summed E-state index contributed by atoms with van der Waals surface area (Å²) in [7, 11) is 1.86. The van der Waals surface area contributed by atoms with Crippen LogP contribution in [0.3, 0.4) is 0 Å². The van der Waals surface area contributed by atoms with Gasteiger partial charge in [0.25, 0.3) is 0 Å². The molecule has 1 aliphatic rings. The fourth-order valence-electron chi connectivity index (χ4n) is 3.57. The molecule has 1 aliphatic heterocycles. The van der Waals surface area contributed by atoms with Crippen LogP contribution in [0.4, 0.5) is 0 Å². The zero-order valence-electron chi connectivity index (χ0n) is 16.6. The third kappa shape index (κ3) is 6.85. The van der Waals surface area contributed by atoms with E-state index in [4.69, 9.17) is 5.11 Å². The van der Waals surface area contributed by atoms with Gasteiger partial charge in [0.05, 0.1) is 11.8 Å². The lowest BCUT2D eigenvalue weighted by Gasteiger charge is -2.29. The maximum Gasteiger partial charge on any atom is 0.317 e. The Balaban J connectivity index is 1.93. The molecule has 2 rings (SSSR count). The monoisotopic (exact) mass is 392 g/mol. The van der Waals surface area contributed by atoms with Gasteiger partial charge >= 0.3 is 5.97 Å². The number of thioether (sulfide) groups is 1. The number of carbonyl (C=O) groups is 2. The van der Waals surface area contributed by atoms with Gasteiger partial charge in [0.2, 0.25) is 5.91 Å². The zero-order valence-corrected chi connectivity index (χ0v) is 17.5. The standard InChI is InChI=1S/C21H32N2O3S/c1-16(2)20(27-15-17-8-5-4-6-9-17)21(26)23-12-7-10-18(11-13-23)22(3)14-19(24)25/h4-6,8-9,16,18,20H,7,10-15H2,1-3H3,(H,24,25). The van der Waals surface area contributed by atoms with Crippen LogP contribution in [0.5, 0.6) is 0 Å². The molecule has 6 heteroatoms. The van der Waals surface area contributed by atoms with Crippen LogP contribution >= 0.6 is 11.8 Å². The summed E-state index contributed by atoms with van der Waals surface area (Å²) in [6.07, 6.45) is 2.70. The molecule has 1 amide bonds. The van der Waals surface area contributed by atoms with E-state index >= 15 is 0 Å². The summed E-state index contributed by atoms with van der Waals surface area (Å²) in [6.45, 7) is 5.76. The van der Waals surface area contributed by atoms with Gasteiger partial charge in [-0.2, -0.15) is 0 Å². The van der Waals surface area contributed by atoms with Crippen LogP contribution in [-0.4, -0.2) is 64.8 Å². The Labute approximate surface area is 167 Å². The minimum atomic E-state index is -0.799. The number of benzene rings is 1. The molecular weight excluding hydrogens is 360 g/mol. The van der Waals surface area contributed by atoms with Gasteiger partial charge in [-0.25, -0.2) is 0 Å². The number of likely N-dealkylation sites (tertiary alicyclic amines) is 1. The van der Waals surface area contributed by atoms with E-state index in [9.17, 15) is 9.59 Å². The molecule has 1 saturated heterocycles. The molecule has 0 spiro atoms. The molecule has 0 bridgehead atoms. The van der Waals surface area contributed by atoms with Crippen molar-refractivity contribution >= 4 is 23.6 Å². The van der Waals surface area contributed by atoms with Crippen molar-refractivity contribution in [2.24, 2.45) is 5.92 Å². The van der Waals surface area contributed by atoms with Crippen LogP contribution in [0.25, 0.3) is 0 Å². The molecule has 150 valence electrons. The van der Waals surface area contributed by atoms with E-state index in [0.29, 0.717) is 6.54 Å². The summed E-state index contributed by atoms with van der Waals surface area (Å²) in [6, 6.07) is 10.5. The average molecular weight is 393 g/mol. The highest BCUT2D eigenvalue weighted by atomic mass is 32.2. The summed E-state index contributed by atoms with van der Waals surface area (Å²) in [5.41, 5.74) is 1.24. The number of hydrogen-bond donors (Lipinski definition) is 1. The Morgan fingerprint density at radius 1 is 1.22 bits per heavy atom. The molecule has 0 aromatic heterocycles. The first kappa shape index (κ1) is 21.8. The highest BCUT2D eigenvalue weighted by Crippen LogP contribution is 2.27. The van der Waals surface area contributed by atoms with E-state index in [1.807, 2.05) is 35.0 Å². The molecule has 2 atom stereocenters. The summed E-state index contributed by atoms with van der Waals surface area (Å²) >= 11 is 1.73. The number of carbonyl (C=O) groups excluding carboxylic acids is 1. The second-order valence-electron chi connectivity index (χ2n) is 7.68. The Hall–Kier alpha value is -1.53. The largest absolute Gasteiger partial charge is 0.480 e. The zero-order chi connectivity index (χ0) is 19.8. The van der Waals surface area contributed by atoms with Gasteiger partial charge in [-0.3, -0.25) is 14.5 Å². The third-order valence-electron chi connectivity index (χ3n) is 5.14. The van der Waals surface area contributed by atoms with Crippen molar-refractivity contribution in [1.82, 2.24) is 9.80 Å². The number of hydrogen-bond acceptors (Lipinski definition) is 4. The van der Waals surface area contributed by atoms with Gasteiger partial charge < -0.3 is 10.0 Å². The van der Waals surface area contributed by atoms with E-state index in [0.717, 1.165) is 31.6 Å². The second-order valence-corrected chi connectivity index (χ2v) is 8.81. The lowest BCUT2D eigenvalue weighted by Crippen LogP contribution is -2.41. The van der Waals surface area contributed by atoms with E-state index in [2.05, 4.69) is 26.0 Å². The molecule has 2 unspecified atom stereocenters. The van der Waals surface area contributed by atoms with Crippen LogP contribution in [-0.2, 0) is 15.3 Å². The Morgan fingerprint density at radius 3 is 2.56 bits per heavy atom. The molecule has 0 radical (unpaired) electrons. The van der Waals surface area contributed by atoms with Gasteiger partial charge in [-0.15, -0.1) is 11.8 Å². The van der Waals surface area contributed by atoms with Crippen LogP contribution in [0.15, 0.2) is 30.3 Å². The lowest BCUT2D eigenvalue weighted by molar-refractivity contribution is -0.138. The Bertz CT molecular complexity index is 609. The van der Waals surface area contributed by atoms with E-state index in [1.165, 1.54) is 5.56 Å². The van der Waals surface area contributed by atoms with Gasteiger partial charge in [0.15, 0.2) is 0 Å². The molecular formula is C21H32N2O3S. The van der Waals surface area contributed by atoms with Gasteiger partial charge in [0, 0.05) is 24.9 Å². The predicted octanol–water partition coefficient (Wildman–Crippen LogP) is 3.34. The molecule has 1 aromatic rings. The fraction of sp³-hybridized carbons (Fsp3) is 0.619. The van der Waals surface area contributed by atoms with Crippen molar-refractivity contribution in [3.05, 3.63) is 35.9 Å². The summed E-state index contributed by atoms with van der Waals surface area (Å²) in [4.78, 5) is 28.0. The number of carboxylic acids is 1. The van der Waals surface area contributed by atoms with Crippen LogP contribution in [0.1, 0.15) is 38.7 Å². The van der Waals surface area contributed by atoms with Crippen LogP contribution < -0.4 is 0 Å². The van der Waals surface area contributed by atoms with Crippen molar-refractivity contribution in [1.29, 1.82) is 0 Å². The number of aliphatic carboxylic acids is 1. The molecule has 0 saturated carbocycles. The van der Waals surface area contributed by atoms with Gasteiger partial charge in [-0.1, -0.05) is 44.2 Å². The van der Waals surface area contributed by atoms with Gasteiger partial charge in [0.1, 0.15) is 0 Å². The molecule has 1 heterocycles.